The van der Waals surface area contributed by atoms with Crippen molar-refractivity contribution in [2.75, 3.05) is 5.73 Å². The summed E-state index contributed by atoms with van der Waals surface area (Å²) in [6, 6.07) is 3.50. The zero-order valence-corrected chi connectivity index (χ0v) is 10.3. The zero-order valence-electron chi connectivity index (χ0n) is 9.48. The normalized spacial score (nSPS) is 23.6. The first-order valence-electron chi connectivity index (χ1n) is 5.51. The smallest absolute Gasteiger partial charge is 0.240 e. The number of halogens is 1. The third kappa shape index (κ3) is 2.58. The summed E-state index contributed by atoms with van der Waals surface area (Å²) in [5.41, 5.74) is 5.25. The summed E-state index contributed by atoms with van der Waals surface area (Å²) in [4.78, 5) is -0.0778. The second-order valence-corrected chi connectivity index (χ2v) is 6.03. The van der Waals surface area contributed by atoms with Gasteiger partial charge >= 0.3 is 0 Å². The fourth-order valence-electron chi connectivity index (χ4n) is 1.79. The summed E-state index contributed by atoms with van der Waals surface area (Å²) in [7, 11) is -3.62. The maximum Gasteiger partial charge on any atom is 0.240 e. The van der Waals surface area contributed by atoms with Gasteiger partial charge in [0.15, 0.2) is 0 Å². The van der Waals surface area contributed by atoms with Gasteiger partial charge in [0.05, 0.1) is 10.6 Å². The first-order valence-corrected chi connectivity index (χ1v) is 6.99. The van der Waals surface area contributed by atoms with Crippen molar-refractivity contribution >= 4 is 15.7 Å². The molecule has 1 fully saturated rings. The lowest BCUT2D eigenvalue weighted by molar-refractivity contribution is 0.573. The van der Waals surface area contributed by atoms with E-state index in [1.807, 2.05) is 6.92 Å². The first kappa shape index (κ1) is 12.3. The molecule has 0 bridgehead atoms. The van der Waals surface area contributed by atoms with Gasteiger partial charge < -0.3 is 5.73 Å². The number of benzene rings is 1. The molecule has 0 radical (unpaired) electrons. The van der Waals surface area contributed by atoms with Gasteiger partial charge in [0.25, 0.3) is 0 Å². The van der Waals surface area contributed by atoms with E-state index >= 15 is 0 Å². The lowest BCUT2D eigenvalue weighted by atomic mass is 10.3. The number of nitrogens with one attached hydrogen (secondary N) is 1. The van der Waals surface area contributed by atoms with Crippen molar-refractivity contribution in [1.29, 1.82) is 0 Å². The molecule has 1 aliphatic rings. The molecule has 6 heteroatoms. The van der Waals surface area contributed by atoms with Crippen LogP contribution in [-0.4, -0.2) is 14.5 Å². The second kappa shape index (κ2) is 4.27. The molecule has 1 aromatic rings. The maximum atomic E-state index is 13.2. The Kier molecular flexibility index (Phi) is 3.09. The van der Waals surface area contributed by atoms with Gasteiger partial charge in [0.1, 0.15) is 5.82 Å². The number of hydrogen-bond donors (Lipinski definition) is 2. The van der Waals surface area contributed by atoms with Gasteiger partial charge in [-0.1, -0.05) is 13.3 Å². The van der Waals surface area contributed by atoms with Crippen LogP contribution in [0.4, 0.5) is 10.1 Å². The van der Waals surface area contributed by atoms with E-state index in [2.05, 4.69) is 4.72 Å². The van der Waals surface area contributed by atoms with Gasteiger partial charge in [-0.25, -0.2) is 17.5 Å². The van der Waals surface area contributed by atoms with Crippen molar-refractivity contribution in [1.82, 2.24) is 4.72 Å². The van der Waals surface area contributed by atoms with Crippen LogP contribution in [-0.2, 0) is 10.0 Å². The minimum atomic E-state index is -3.62. The molecule has 1 saturated carbocycles. The van der Waals surface area contributed by atoms with Gasteiger partial charge in [-0.3, -0.25) is 0 Å². The van der Waals surface area contributed by atoms with E-state index in [1.54, 1.807) is 0 Å². The topological polar surface area (TPSA) is 72.2 Å². The summed E-state index contributed by atoms with van der Waals surface area (Å²) in [5.74, 6) is -0.306. The minimum Gasteiger partial charge on any atom is -0.396 e. The van der Waals surface area contributed by atoms with Crippen LogP contribution in [0.1, 0.15) is 19.8 Å². The molecule has 17 heavy (non-hydrogen) atoms. The van der Waals surface area contributed by atoms with E-state index in [0.717, 1.165) is 18.9 Å². The van der Waals surface area contributed by atoms with Crippen LogP contribution in [0.15, 0.2) is 23.1 Å². The van der Waals surface area contributed by atoms with Crippen molar-refractivity contribution in [3.63, 3.8) is 0 Å². The van der Waals surface area contributed by atoms with E-state index in [0.29, 0.717) is 5.92 Å². The van der Waals surface area contributed by atoms with Crippen LogP contribution >= 0.6 is 0 Å². The van der Waals surface area contributed by atoms with Crippen LogP contribution in [0.2, 0.25) is 0 Å². The Morgan fingerprint density at radius 2 is 2.24 bits per heavy atom. The Hall–Kier alpha value is -1.14. The van der Waals surface area contributed by atoms with Crippen LogP contribution in [0, 0.1) is 11.7 Å². The molecule has 2 atom stereocenters. The van der Waals surface area contributed by atoms with E-state index in [-0.39, 0.29) is 16.6 Å². The van der Waals surface area contributed by atoms with Gasteiger partial charge in [-0.2, -0.15) is 0 Å². The Labute approximate surface area is 100 Å². The number of anilines is 1. The quantitative estimate of drug-likeness (QED) is 0.804. The SMILES string of the molecule is CCC1CC1NS(=O)(=O)c1ccc(N)c(F)c1. The summed E-state index contributed by atoms with van der Waals surface area (Å²) in [6.07, 6.45) is 1.80. The fraction of sp³-hybridized carbons (Fsp3) is 0.455. The molecular formula is C11H15FN2O2S. The van der Waals surface area contributed by atoms with Crippen LogP contribution < -0.4 is 10.5 Å². The standard InChI is InChI=1S/C11H15FN2O2S/c1-2-7-5-11(7)14-17(15,16)8-3-4-10(13)9(12)6-8/h3-4,6-7,11,14H,2,5,13H2,1H3. The fourth-order valence-corrected chi connectivity index (χ4v) is 3.11. The highest BCUT2D eigenvalue weighted by Crippen LogP contribution is 2.34. The Bertz CT molecular complexity index is 530. The number of nitrogen functional groups attached to an aromatic ring is 1. The van der Waals surface area contributed by atoms with Gasteiger partial charge in [-0.05, 0) is 30.5 Å². The number of rotatable bonds is 4. The summed E-state index contributed by atoms with van der Waals surface area (Å²) >= 11 is 0. The van der Waals surface area contributed by atoms with E-state index in [1.165, 1.54) is 12.1 Å². The average Bonchev–Trinajstić information content (AvgIpc) is 2.99. The number of nitrogens with two attached hydrogens (primary N) is 1. The summed E-state index contributed by atoms with van der Waals surface area (Å²) < 4.78 is 39.5. The number of hydrogen-bond acceptors (Lipinski definition) is 3. The lowest BCUT2D eigenvalue weighted by Gasteiger charge is -2.07. The van der Waals surface area contributed by atoms with Crippen molar-refractivity contribution in [2.45, 2.75) is 30.7 Å². The van der Waals surface area contributed by atoms with Crippen molar-refractivity contribution < 1.29 is 12.8 Å². The molecule has 1 aromatic carbocycles. The molecular weight excluding hydrogens is 243 g/mol. The third-order valence-electron chi connectivity index (χ3n) is 3.04. The molecule has 0 aromatic heterocycles. The van der Waals surface area contributed by atoms with Gasteiger partial charge in [0.2, 0.25) is 10.0 Å². The van der Waals surface area contributed by atoms with Crippen LogP contribution in [0.25, 0.3) is 0 Å². The van der Waals surface area contributed by atoms with Crippen molar-refractivity contribution in [3.05, 3.63) is 24.0 Å². The predicted octanol–water partition coefficient (Wildman–Crippen LogP) is 1.48. The van der Waals surface area contributed by atoms with Crippen LogP contribution in [0.3, 0.4) is 0 Å². The molecule has 1 aliphatic carbocycles. The molecule has 0 spiro atoms. The van der Waals surface area contributed by atoms with Crippen LogP contribution in [0.5, 0.6) is 0 Å². The summed E-state index contributed by atoms with van der Waals surface area (Å²) in [6.45, 7) is 2.02. The maximum absolute atomic E-state index is 13.2. The third-order valence-corrected chi connectivity index (χ3v) is 4.52. The zero-order chi connectivity index (χ0) is 12.6. The monoisotopic (exact) mass is 258 g/mol. The molecule has 0 amide bonds. The van der Waals surface area contributed by atoms with E-state index in [4.69, 9.17) is 5.73 Å². The largest absolute Gasteiger partial charge is 0.396 e. The highest BCUT2D eigenvalue weighted by molar-refractivity contribution is 7.89. The van der Waals surface area contributed by atoms with Crippen molar-refractivity contribution in [3.8, 4) is 0 Å². The average molecular weight is 258 g/mol. The first-order chi connectivity index (χ1) is 7.94. The molecule has 0 aliphatic heterocycles. The van der Waals surface area contributed by atoms with E-state index < -0.39 is 15.8 Å². The Balaban J connectivity index is 2.17. The lowest BCUT2D eigenvalue weighted by Crippen LogP contribution is -2.27. The molecule has 3 N–H and O–H groups in total. The van der Waals surface area contributed by atoms with Crippen molar-refractivity contribution in [2.24, 2.45) is 5.92 Å². The molecule has 0 heterocycles. The highest BCUT2D eigenvalue weighted by Gasteiger charge is 2.38. The number of sulfonamides is 1. The summed E-state index contributed by atoms with van der Waals surface area (Å²) in [5, 5.41) is 0. The molecule has 0 saturated heterocycles. The second-order valence-electron chi connectivity index (χ2n) is 4.32. The van der Waals surface area contributed by atoms with Gasteiger partial charge in [0, 0.05) is 6.04 Å². The molecule has 4 nitrogen and oxygen atoms in total. The van der Waals surface area contributed by atoms with Gasteiger partial charge in [-0.15, -0.1) is 0 Å². The Morgan fingerprint density at radius 1 is 1.53 bits per heavy atom. The Morgan fingerprint density at radius 3 is 2.76 bits per heavy atom. The van der Waals surface area contributed by atoms with E-state index in [9.17, 15) is 12.8 Å². The molecule has 2 unspecified atom stereocenters. The molecule has 94 valence electrons. The highest BCUT2D eigenvalue weighted by atomic mass is 32.2. The molecule has 2 rings (SSSR count). The predicted molar refractivity (Wildman–Crippen MR) is 63.3 cm³/mol. The minimum absolute atomic E-state index is 0.00869.